The highest BCUT2D eigenvalue weighted by Crippen LogP contribution is 2.37. The second kappa shape index (κ2) is 16.8. The molecule has 0 bridgehead atoms. The minimum Gasteiger partial charge on any atom is -0.325 e. The van der Waals surface area contributed by atoms with E-state index in [1.165, 1.54) is 11.8 Å². The van der Waals surface area contributed by atoms with E-state index in [0.717, 1.165) is 36.4 Å². The summed E-state index contributed by atoms with van der Waals surface area (Å²) >= 11 is 3.65. The molecule has 0 heterocycles. The van der Waals surface area contributed by atoms with E-state index in [1.54, 1.807) is 42.5 Å². The first kappa shape index (κ1) is 34.4. The quantitative estimate of drug-likeness (QED) is 0.0694. The molecule has 0 aliphatic carbocycles. The molecule has 6 nitrogen and oxygen atoms in total. The molecule has 0 spiro atoms. The standard InChI is InChI=1S/C42H32IN3O3S/c43-34-20-22-35(23-21-34)45-42(49)39(32-12-6-2-7-13-32)50-37-26-24-36(25-27-37)44-41(48)38(46-40(47)33-14-8-3-9-15-33)28-29-16-18-31(19-17-29)30-10-4-1-5-11-30/h1-28,39H,(H,44,48)(H,45,49)(H,46,47)/b38-28-. The van der Waals surface area contributed by atoms with Gasteiger partial charge in [-0.1, -0.05) is 103 Å². The van der Waals surface area contributed by atoms with Gasteiger partial charge < -0.3 is 16.0 Å². The molecule has 1 atom stereocenters. The molecule has 1 unspecified atom stereocenters. The summed E-state index contributed by atoms with van der Waals surface area (Å²) in [7, 11) is 0. The van der Waals surface area contributed by atoms with E-state index in [0.29, 0.717) is 11.3 Å². The fourth-order valence-electron chi connectivity index (χ4n) is 5.10. The highest BCUT2D eigenvalue weighted by atomic mass is 127. The normalized spacial score (nSPS) is 11.7. The highest BCUT2D eigenvalue weighted by Gasteiger charge is 2.22. The van der Waals surface area contributed by atoms with Gasteiger partial charge in [-0.05, 0) is 112 Å². The van der Waals surface area contributed by atoms with Gasteiger partial charge >= 0.3 is 0 Å². The van der Waals surface area contributed by atoms with Gasteiger partial charge in [-0.15, -0.1) is 11.8 Å². The molecular formula is C42H32IN3O3S. The Balaban J connectivity index is 1.19. The van der Waals surface area contributed by atoms with Crippen LogP contribution in [0, 0.1) is 3.57 Å². The Morgan fingerprint density at radius 1 is 0.580 bits per heavy atom. The van der Waals surface area contributed by atoms with Gasteiger partial charge in [-0.3, -0.25) is 14.4 Å². The minimum absolute atomic E-state index is 0.0983. The van der Waals surface area contributed by atoms with E-state index in [4.69, 9.17) is 0 Å². The van der Waals surface area contributed by atoms with Crippen LogP contribution in [0.5, 0.6) is 0 Å². The Hall–Kier alpha value is -5.45. The first-order valence-corrected chi connectivity index (χ1v) is 17.8. The summed E-state index contributed by atoms with van der Waals surface area (Å²) in [4.78, 5) is 41.1. The van der Waals surface area contributed by atoms with Crippen molar-refractivity contribution in [2.45, 2.75) is 10.1 Å². The number of benzene rings is 6. The number of anilines is 2. The van der Waals surface area contributed by atoms with Crippen molar-refractivity contribution in [1.29, 1.82) is 0 Å². The van der Waals surface area contributed by atoms with Crippen LogP contribution in [0.1, 0.15) is 26.7 Å². The van der Waals surface area contributed by atoms with Gasteiger partial charge in [0.25, 0.3) is 11.8 Å². The van der Waals surface area contributed by atoms with Crippen molar-refractivity contribution >= 4 is 69.5 Å². The van der Waals surface area contributed by atoms with E-state index in [-0.39, 0.29) is 11.6 Å². The van der Waals surface area contributed by atoms with Gasteiger partial charge in [0.05, 0.1) is 0 Å². The molecule has 0 radical (unpaired) electrons. The number of amides is 3. The second-order valence-corrected chi connectivity index (χ2v) is 13.7. The molecular weight excluding hydrogens is 753 g/mol. The van der Waals surface area contributed by atoms with Crippen molar-refractivity contribution in [2.24, 2.45) is 0 Å². The monoisotopic (exact) mass is 785 g/mol. The third-order valence-corrected chi connectivity index (χ3v) is 9.66. The van der Waals surface area contributed by atoms with Gasteiger partial charge in [0.2, 0.25) is 5.91 Å². The van der Waals surface area contributed by atoms with Crippen LogP contribution in [0.2, 0.25) is 0 Å². The van der Waals surface area contributed by atoms with Crippen molar-refractivity contribution in [2.75, 3.05) is 10.6 Å². The number of carbonyl (C=O) groups excluding carboxylic acids is 3. The van der Waals surface area contributed by atoms with Crippen LogP contribution in [-0.2, 0) is 9.59 Å². The lowest BCUT2D eigenvalue weighted by molar-refractivity contribution is -0.116. The maximum Gasteiger partial charge on any atom is 0.272 e. The van der Waals surface area contributed by atoms with Crippen LogP contribution >= 0.6 is 34.4 Å². The lowest BCUT2D eigenvalue weighted by Gasteiger charge is -2.17. The molecule has 0 saturated carbocycles. The van der Waals surface area contributed by atoms with E-state index >= 15 is 0 Å². The maximum atomic E-state index is 13.7. The molecule has 0 fully saturated rings. The van der Waals surface area contributed by atoms with Crippen LogP contribution in [0.15, 0.2) is 174 Å². The van der Waals surface area contributed by atoms with Crippen LogP contribution in [0.4, 0.5) is 11.4 Å². The first-order chi connectivity index (χ1) is 24.4. The molecule has 0 aliphatic heterocycles. The maximum absolute atomic E-state index is 13.7. The molecule has 0 aliphatic rings. The van der Waals surface area contributed by atoms with Crippen LogP contribution in [0.25, 0.3) is 17.2 Å². The Labute approximate surface area is 309 Å². The molecule has 0 saturated heterocycles. The molecule has 246 valence electrons. The van der Waals surface area contributed by atoms with Crippen LogP contribution in [0.3, 0.4) is 0 Å². The van der Waals surface area contributed by atoms with Gasteiger partial charge in [-0.2, -0.15) is 0 Å². The van der Waals surface area contributed by atoms with E-state index in [2.05, 4.69) is 38.5 Å². The fourth-order valence-corrected chi connectivity index (χ4v) is 6.49. The summed E-state index contributed by atoms with van der Waals surface area (Å²) < 4.78 is 1.08. The SMILES string of the molecule is O=C(Nc1ccc(SC(C(=O)Nc2ccc(I)cc2)c2ccccc2)cc1)/C(=C/c1ccc(-c2ccccc2)cc1)NC(=O)c1ccccc1. The number of halogens is 1. The van der Waals surface area contributed by atoms with Gasteiger partial charge in [-0.25, -0.2) is 0 Å². The Kier molecular flexibility index (Phi) is 11.5. The van der Waals surface area contributed by atoms with Crippen molar-refractivity contribution in [3.8, 4) is 11.1 Å². The van der Waals surface area contributed by atoms with Gasteiger partial charge in [0.1, 0.15) is 10.9 Å². The summed E-state index contributed by atoms with van der Waals surface area (Å²) in [5, 5.41) is 8.25. The van der Waals surface area contributed by atoms with Crippen molar-refractivity contribution in [3.05, 3.63) is 190 Å². The van der Waals surface area contributed by atoms with E-state index in [9.17, 15) is 14.4 Å². The zero-order valence-corrected chi connectivity index (χ0v) is 29.7. The van der Waals surface area contributed by atoms with Gasteiger partial charge in [0, 0.05) is 25.4 Å². The Morgan fingerprint density at radius 3 is 1.76 bits per heavy atom. The van der Waals surface area contributed by atoms with Crippen molar-refractivity contribution < 1.29 is 14.4 Å². The lowest BCUT2D eigenvalue weighted by Crippen LogP contribution is -2.30. The molecule has 0 aromatic heterocycles. The number of nitrogens with one attached hydrogen (secondary N) is 3. The summed E-state index contributed by atoms with van der Waals surface area (Å²) in [6.07, 6.45) is 1.66. The lowest BCUT2D eigenvalue weighted by atomic mass is 10.0. The zero-order valence-electron chi connectivity index (χ0n) is 26.8. The third-order valence-electron chi connectivity index (χ3n) is 7.68. The van der Waals surface area contributed by atoms with E-state index < -0.39 is 17.1 Å². The summed E-state index contributed by atoms with van der Waals surface area (Å²) in [5.74, 6) is -1.00. The predicted octanol–water partition coefficient (Wildman–Crippen LogP) is 9.84. The van der Waals surface area contributed by atoms with Crippen molar-refractivity contribution in [1.82, 2.24) is 5.32 Å². The number of hydrogen-bond donors (Lipinski definition) is 3. The fraction of sp³-hybridized carbons (Fsp3) is 0.0238. The molecule has 3 N–H and O–H groups in total. The number of carbonyl (C=O) groups is 3. The predicted molar refractivity (Wildman–Crippen MR) is 212 cm³/mol. The molecule has 6 aromatic rings. The third kappa shape index (κ3) is 9.37. The first-order valence-electron chi connectivity index (χ1n) is 15.8. The van der Waals surface area contributed by atoms with Gasteiger partial charge in [0.15, 0.2) is 0 Å². The largest absolute Gasteiger partial charge is 0.325 e. The summed E-state index contributed by atoms with van der Waals surface area (Å²) in [5.41, 5.74) is 5.56. The smallest absolute Gasteiger partial charge is 0.272 e. The Bertz CT molecular complexity index is 2090. The average molecular weight is 786 g/mol. The molecule has 50 heavy (non-hydrogen) atoms. The van der Waals surface area contributed by atoms with Crippen LogP contribution in [-0.4, -0.2) is 17.7 Å². The molecule has 6 rings (SSSR count). The Morgan fingerprint density at radius 2 is 1.12 bits per heavy atom. The molecule has 3 amide bonds. The topological polar surface area (TPSA) is 87.3 Å². The number of hydrogen-bond acceptors (Lipinski definition) is 4. The second-order valence-electron chi connectivity index (χ2n) is 11.2. The molecule has 6 aromatic carbocycles. The average Bonchev–Trinajstić information content (AvgIpc) is 3.16. The molecule has 8 heteroatoms. The number of rotatable bonds is 11. The zero-order chi connectivity index (χ0) is 34.7. The number of thioether (sulfide) groups is 1. The van der Waals surface area contributed by atoms with E-state index in [1.807, 2.05) is 127 Å². The summed E-state index contributed by atoms with van der Waals surface area (Å²) in [6, 6.07) is 51.1. The summed E-state index contributed by atoms with van der Waals surface area (Å²) in [6.45, 7) is 0. The van der Waals surface area contributed by atoms with Crippen molar-refractivity contribution in [3.63, 3.8) is 0 Å². The van der Waals surface area contributed by atoms with Crippen LogP contribution < -0.4 is 16.0 Å². The highest BCUT2D eigenvalue weighted by molar-refractivity contribution is 14.1. The minimum atomic E-state index is -0.507.